The molecular formula is C21H20N4O2S2. The van der Waals surface area contributed by atoms with Crippen LogP contribution in [-0.4, -0.2) is 26.9 Å². The number of benzene rings is 1. The summed E-state index contributed by atoms with van der Waals surface area (Å²) in [5.74, 6) is 3.14. The second-order valence-corrected chi connectivity index (χ2v) is 8.06. The van der Waals surface area contributed by atoms with E-state index in [-0.39, 0.29) is 0 Å². The van der Waals surface area contributed by atoms with Crippen LogP contribution in [0, 0.1) is 6.92 Å². The molecule has 0 amide bonds. The Balaban J connectivity index is 1.52. The number of ether oxygens (including phenoxy) is 1. The van der Waals surface area contributed by atoms with Crippen molar-refractivity contribution in [2.75, 3.05) is 7.11 Å². The number of thiazole rings is 1. The molecule has 0 spiro atoms. The first-order valence-electron chi connectivity index (χ1n) is 8.99. The summed E-state index contributed by atoms with van der Waals surface area (Å²) in [6.45, 7) is 6.41. The van der Waals surface area contributed by atoms with E-state index < -0.39 is 0 Å². The van der Waals surface area contributed by atoms with Crippen LogP contribution in [-0.2, 0) is 12.3 Å². The molecule has 0 N–H and O–H groups in total. The molecule has 0 bridgehead atoms. The first kappa shape index (κ1) is 19.5. The van der Waals surface area contributed by atoms with Gasteiger partial charge in [0.2, 0.25) is 0 Å². The number of nitrogens with zero attached hydrogens (tertiary/aromatic N) is 4. The summed E-state index contributed by atoms with van der Waals surface area (Å²) in [5.41, 5.74) is 3.00. The average Bonchev–Trinajstić information content (AvgIpc) is 3.47. The Hall–Kier alpha value is -2.84. The Morgan fingerprint density at radius 2 is 2.21 bits per heavy atom. The minimum absolute atomic E-state index is 0.626. The quantitative estimate of drug-likeness (QED) is 0.276. The van der Waals surface area contributed by atoms with Crippen molar-refractivity contribution < 1.29 is 9.15 Å². The maximum atomic E-state index is 5.42. The van der Waals surface area contributed by atoms with Crippen LogP contribution in [0.4, 0.5) is 0 Å². The summed E-state index contributed by atoms with van der Waals surface area (Å²) in [6, 6.07) is 9.85. The highest BCUT2D eigenvalue weighted by Crippen LogP contribution is 2.31. The topological polar surface area (TPSA) is 66.0 Å². The van der Waals surface area contributed by atoms with Gasteiger partial charge < -0.3 is 9.15 Å². The molecule has 0 aliphatic rings. The van der Waals surface area contributed by atoms with Gasteiger partial charge in [-0.2, -0.15) is 0 Å². The molecule has 0 aliphatic carbocycles. The number of hydrogen-bond donors (Lipinski definition) is 0. The highest BCUT2D eigenvalue weighted by molar-refractivity contribution is 7.98. The Morgan fingerprint density at radius 3 is 2.97 bits per heavy atom. The van der Waals surface area contributed by atoms with Crippen molar-refractivity contribution in [3.05, 3.63) is 66.1 Å². The van der Waals surface area contributed by atoms with E-state index in [1.807, 2.05) is 47.9 Å². The maximum Gasteiger partial charge on any atom is 0.192 e. The Labute approximate surface area is 177 Å². The molecule has 0 atom stereocenters. The average molecular weight is 425 g/mol. The van der Waals surface area contributed by atoms with Gasteiger partial charge >= 0.3 is 0 Å². The highest BCUT2D eigenvalue weighted by atomic mass is 32.2. The molecule has 0 saturated heterocycles. The lowest BCUT2D eigenvalue weighted by molar-refractivity contribution is 0.415. The molecule has 29 heavy (non-hydrogen) atoms. The summed E-state index contributed by atoms with van der Waals surface area (Å²) in [4.78, 5) is 4.77. The molecule has 0 unspecified atom stereocenters. The predicted molar refractivity (Wildman–Crippen MR) is 116 cm³/mol. The van der Waals surface area contributed by atoms with Gasteiger partial charge in [-0.3, -0.25) is 4.57 Å². The molecule has 0 aliphatic heterocycles. The maximum absolute atomic E-state index is 5.42. The van der Waals surface area contributed by atoms with Crippen molar-refractivity contribution >= 4 is 23.1 Å². The van der Waals surface area contributed by atoms with E-state index in [0.717, 1.165) is 44.3 Å². The molecule has 3 heterocycles. The number of hydrogen-bond acceptors (Lipinski definition) is 7. The van der Waals surface area contributed by atoms with Crippen molar-refractivity contribution in [3.8, 4) is 27.7 Å². The second kappa shape index (κ2) is 8.67. The molecule has 148 valence electrons. The molecule has 0 radical (unpaired) electrons. The lowest BCUT2D eigenvalue weighted by atomic mass is 10.2. The van der Waals surface area contributed by atoms with Gasteiger partial charge in [0.25, 0.3) is 0 Å². The zero-order valence-corrected chi connectivity index (χ0v) is 17.8. The van der Waals surface area contributed by atoms with Gasteiger partial charge in [-0.1, -0.05) is 30.0 Å². The first-order chi connectivity index (χ1) is 14.2. The number of thioether (sulfide) groups is 1. The fraction of sp³-hybridized carbons (Fsp3) is 0.190. The lowest BCUT2D eigenvalue weighted by Crippen LogP contribution is -2.00. The lowest BCUT2D eigenvalue weighted by Gasteiger charge is -2.06. The van der Waals surface area contributed by atoms with E-state index in [1.165, 1.54) is 0 Å². The molecule has 4 rings (SSSR count). The van der Waals surface area contributed by atoms with Crippen molar-refractivity contribution in [2.45, 2.75) is 24.4 Å². The Morgan fingerprint density at radius 1 is 1.31 bits per heavy atom. The van der Waals surface area contributed by atoms with E-state index in [9.17, 15) is 0 Å². The second-order valence-electron chi connectivity index (χ2n) is 6.26. The van der Waals surface area contributed by atoms with Gasteiger partial charge in [0, 0.05) is 23.2 Å². The third kappa shape index (κ3) is 4.13. The number of aryl methyl sites for hydroxylation is 1. The summed E-state index contributed by atoms with van der Waals surface area (Å²) in [5, 5.41) is 12.6. The smallest absolute Gasteiger partial charge is 0.192 e. The van der Waals surface area contributed by atoms with Crippen LogP contribution in [0.5, 0.6) is 5.75 Å². The van der Waals surface area contributed by atoms with Crippen molar-refractivity contribution in [3.63, 3.8) is 0 Å². The number of allylic oxidation sites excluding steroid dienone is 1. The summed E-state index contributed by atoms with van der Waals surface area (Å²) in [6.07, 6.45) is 3.51. The minimum Gasteiger partial charge on any atom is -0.497 e. The monoisotopic (exact) mass is 424 g/mol. The molecule has 4 aromatic rings. The van der Waals surface area contributed by atoms with Crippen LogP contribution < -0.4 is 4.74 Å². The molecule has 0 fully saturated rings. The van der Waals surface area contributed by atoms with Crippen LogP contribution >= 0.6 is 23.1 Å². The number of furan rings is 1. The molecule has 6 nitrogen and oxygen atoms in total. The van der Waals surface area contributed by atoms with Crippen LogP contribution in [0.3, 0.4) is 0 Å². The van der Waals surface area contributed by atoms with E-state index >= 15 is 0 Å². The van der Waals surface area contributed by atoms with Crippen molar-refractivity contribution in [1.29, 1.82) is 0 Å². The Bertz CT molecular complexity index is 1130. The fourth-order valence-corrected chi connectivity index (χ4v) is 4.67. The van der Waals surface area contributed by atoms with Gasteiger partial charge in [-0.15, -0.1) is 28.1 Å². The van der Waals surface area contributed by atoms with E-state index in [1.54, 1.807) is 36.5 Å². The zero-order chi connectivity index (χ0) is 20.2. The van der Waals surface area contributed by atoms with Gasteiger partial charge in [-0.05, 0) is 25.1 Å². The normalized spacial score (nSPS) is 11.0. The van der Waals surface area contributed by atoms with Gasteiger partial charge in [-0.25, -0.2) is 4.98 Å². The van der Waals surface area contributed by atoms with Crippen LogP contribution in [0.2, 0.25) is 0 Å². The van der Waals surface area contributed by atoms with Crippen LogP contribution in [0.15, 0.2) is 64.2 Å². The summed E-state index contributed by atoms with van der Waals surface area (Å²) >= 11 is 3.24. The number of aromatic nitrogens is 4. The third-order valence-electron chi connectivity index (χ3n) is 4.35. The standard InChI is InChI=1S/C21H20N4O2S2/c1-4-9-25-19(18-8-10-27-14(18)2)23-24-21(25)29-13-16-12-28-20(22-16)15-6-5-7-17(11-15)26-3/h4-8,10-12H,1,9,13H2,2-3H3. The summed E-state index contributed by atoms with van der Waals surface area (Å²) in [7, 11) is 1.67. The van der Waals surface area contributed by atoms with Crippen molar-refractivity contribution in [1.82, 2.24) is 19.7 Å². The number of rotatable bonds is 8. The van der Waals surface area contributed by atoms with Crippen LogP contribution in [0.25, 0.3) is 22.0 Å². The summed E-state index contributed by atoms with van der Waals surface area (Å²) < 4.78 is 12.8. The minimum atomic E-state index is 0.626. The molecular weight excluding hydrogens is 404 g/mol. The predicted octanol–water partition coefficient (Wildman–Crippen LogP) is 5.46. The fourth-order valence-electron chi connectivity index (χ4n) is 2.91. The molecule has 8 heteroatoms. The van der Waals surface area contributed by atoms with Crippen molar-refractivity contribution in [2.24, 2.45) is 0 Å². The third-order valence-corrected chi connectivity index (χ3v) is 6.29. The van der Waals surface area contributed by atoms with E-state index in [4.69, 9.17) is 14.1 Å². The SMILES string of the molecule is C=CCn1c(SCc2csc(-c3cccc(OC)c3)n2)nnc1-c1ccoc1C. The molecule has 1 aromatic carbocycles. The first-order valence-corrected chi connectivity index (χ1v) is 10.9. The van der Waals surface area contributed by atoms with E-state index in [2.05, 4.69) is 22.2 Å². The Kier molecular flexibility index (Phi) is 5.82. The largest absolute Gasteiger partial charge is 0.497 e. The van der Waals surface area contributed by atoms with Gasteiger partial charge in [0.05, 0.1) is 24.6 Å². The highest BCUT2D eigenvalue weighted by Gasteiger charge is 2.17. The van der Waals surface area contributed by atoms with E-state index in [0.29, 0.717) is 12.3 Å². The number of methoxy groups -OCH3 is 1. The zero-order valence-electron chi connectivity index (χ0n) is 16.2. The van der Waals surface area contributed by atoms with Gasteiger partial charge in [0.15, 0.2) is 11.0 Å². The molecule has 3 aromatic heterocycles. The van der Waals surface area contributed by atoms with Gasteiger partial charge in [0.1, 0.15) is 16.5 Å². The van der Waals surface area contributed by atoms with Crippen LogP contribution in [0.1, 0.15) is 11.5 Å². The molecule has 0 saturated carbocycles.